The summed E-state index contributed by atoms with van der Waals surface area (Å²) in [6.45, 7) is 1.75. The molecular weight excluding hydrogens is 242 g/mol. The molecule has 7 nitrogen and oxygen atoms in total. The number of hydrogen-bond donors (Lipinski definition) is 3. The fraction of sp³-hybridized carbons (Fsp3) is 0.818. The van der Waals surface area contributed by atoms with Crippen molar-refractivity contribution in [3.63, 3.8) is 0 Å². The number of aliphatic hydroxyl groups is 1. The van der Waals surface area contributed by atoms with Gasteiger partial charge in [-0.25, -0.2) is 0 Å². The molecule has 0 aromatic heterocycles. The molecule has 0 heterocycles. The molecule has 0 aromatic rings. The summed E-state index contributed by atoms with van der Waals surface area (Å²) in [5, 5.41) is 26.8. The van der Waals surface area contributed by atoms with E-state index in [0.29, 0.717) is 6.61 Å². The summed E-state index contributed by atoms with van der Waals surface area (Å²) >= 11 is 0. The average Bonchev–Trinajstić information content (AvgIpc) is 2.22. The Morgan fingerprint density at radius 3 is 2.22 bits per heavy atom. The van der Waals surface area contributed by atoms with Crippen LogP contribution in [-0.4, -0.2) is 71.1 Å². The maximum atomic E-state index is 10.5. The lowest BCUT2D eigenvalue weighted by Gasteiger charge is -2.21. The van der Waals surface area contributed by atoms with E-state index in [0.717, 1.165) is 17.7 Å². The maximum Gasteiger partial charge on any atom is 0.317 e. The molecule has 3 N–H and O–H groups in total. The SMILES string of the molecule is CCCCOC[C@@H](O)CN(CC(=O)O)CC(=O)O. The summed E-state index contributed by atoms with van der Waals surface area (Å²) in [6, 6.07) is 0. The molecule has 0 fully saturated rings. The van der Waals surface area contributed by atoms with Crippen LogP contribution in [0.4, 0.5) is 0 Å². The summed E-state index contributed by atoms with van der Waals surface area (Å²) in [6.07, 6.45) is 0.988. The van der Waals surface area contributed by atoms with Gasteiger partial charge in [0.15, 0.2) is 0 Å². The quantitative estimate of drug-likeness (QED) is 0.437. The largest absolute Gasteiger partial charge is 0.480 e. The summed E-state index contributed by atoms with van der Waals surface area (Å²) < 4.78 is 5.18. The Morgan fingerprint density at radius 2 is 1.78 bits per heavy atom. The number of ether oxygens (including phenoxy) is 1. The number of carboxylic acid groups (broad SMARTS) is 2. The molecule has 0 saturated carbocycles. The van der Waals surface area contributed by atoms with E-state index in [1.54, 1.807) is 0 Å². The van der Waals surface area contributed by atoms with E-state index in [2.05, 4.69) is 0 Å². The van der Waals surface area contributed by atoms with Gasteiger partial charge in [0.2, 0.25) is 0 Å². The highest BCUT2D eigenvalue weighted by Crippen LogP contribution is 1.96. The van der Waals surface area contributed by atoms with E-state index in [4.69, 9.17) is 14.9 Å². The highest BCUT2D eigenvalue weighted by Gasteiger charge is 2.17. The Labute approximate surface area is 106 Å². The lowest BCUT2D eigenvalue weighted by Crippen LogP contribution is -2.41. The maximum absolute atomic E-state index is 10.5. The zero-order valence-electron chi connectivity index (χ0n) is 10.5. The van der Waals surface area contributed by atoms with Crippen molar-refractivity contribution >= 4 is 11.9 Å². The van der Waals surface area contributed by atoms with E-state index in [1.165, 1.54) is 0 Å². The molecular formula is C11H21NO6. The first kappa shape index (κ1) is 16.8. The fourth-order valence-electron chi connectivity index (χ4n) is 1.38. The first-order valence-electron chi connectivity index (χ1n) is 5.87. The van der Waals surface area contributed by atoms with Crippen LogP contribution in [0, 0.1) is 0 Å². The van der Waals surface area contributed by atoms with Gasteiger partial charge in [0.05, 0.1) is 25.8 Å². The Bertz CT molecular complexity index is 242. The van der Waals surface area contributed by atoms with Gasteiger partial charge in [-0.1, -0.05) is 13.3 Å². The van der Waals surface area contributed by atoms with Crippen molar-refractivity contribution in [1.82, 2.24) is 4.90 Å². The highest BCUT2D eigenvalue weighted by molar-refractivity contribution is 5.72. The predicted molar refractivity (Wildman–Crippen MR) is 63.4 cm³/mol. The van der Waals surface area contributed by atoms with Crippen molar-refractivity contribution in [3.05, 3.63) is 0 Å². The minimum absolute atomic E-state index is 0.0370. The minimum atomic E-state index is -1.13. The molecule has 0 amide bonds. The van der Waals surface area contributed by atoms with E-state index in [9.17, 15) is 14.7 Å². The molecule has 0 unspecified atom stereocenters. The van der Waals surface area contributed by atoms with E-state index in [-0.39, 0.29) is 13.2 Å². The average molecular weight is 263 g/mol. The summed E-state index contributed by atoms with van der Waals surface area (Å²) in [5.74, 6) is -2.26. The number of carboxylic acids is 2. The van der Waals surface area contributed by atoms with Crippen LogP contribution >= 0.6 is 0 Å². The first-order valence-corrected chi connectivity index (χ1v) is 5.87. The number of unbranched alkanes of at least 4 members (excludes halogenated alkanes) is 1. The zero-order chi connectivity index (χ0) is 14.0. The number of nitrogens with zero attached hydrogens (tertiary/aromatic N) is 1. The van der Waals surface area contributed by atoms with Crippen LogP contribution in [-0.2, 0) is 14.3 Å². The van der Waals surface area contributed by atoms with Gasteiger partial charge in [-0.15, -0.1) is 0 Å². The van der Waals surface area contributed by atoms with Crippen molar-refractivity contribution in [2.75, 3.05) is 32.8 Å². The van der Waals surface area contributed by atoms with Gasteiger partial charge in [-0.3, -0.25) is 14.5 Å². The topological polar surface area (TPSA) is 107 Å². The van der Waals surface area contributed by atoms with Crippen molar-refractivity contribution < 1.29 is 29.6 Å². The molecule has 0 bridgehead atoms. The molecule has 0 aliphatic heterocycles. The van der Waals surface area contributed by atoms with Gasteiger partial charge < -0.3 is 20.1 Å². The van der Waals surface area contributed by atoms with Crippen LogP contribution in [0.2, 0.25) is 0 Å². The van der Waals surface area contributed by atoms with Crippen LogP contribution in [0.25, 0.3) is 0 Å². The Hall–Kier alpha value is -1.18. The second-order valence-corrected chi connectivity index (χ2v) is 4.04. The number of rotatable bonds is 11. The van der Waals surface area contributed by atoms with Crippen LogP contribution in [0.5, 0.6) is 0 Å². The number of carbonyl (C=O) groups is 2. The molecule has 106 valence electrons. The summed E-state index contributed by atoms with van der Waals surface area (Å²) in [4.78, 5) is 22.2. The normalized spacial score (nSPS) is 12.6. The van der Waals surface area contributed by atoms with E-state index < -0.39 is 31.1 Å². The third-order valence-electron chi connectivity index (χ3n) is 2.14. The van der Waals surface area contributed by atoms with Crippen molar-refractivity contribution in [1.29, 1.82) is 0 Å². The molecule has 0 spiro atoms. The van der Waals surface area contributed by atoms with Gasteiger partial charge in [0, 0.05) is 13.2 Å². The Balaban J connectivity index is 3.97. The van der Waals surface area contributed by atoms with Crippen molar-refractivity contribution in [2.45, 2.75) is 25.9 Å². The Kier molecular flexibility index (Phi) is 9.17. The Morgan fingerprint density at radius 1 is 1.22 bits per heavy atom. The van der Waals surface area contributed by atoms with Gasteiger partial charge in [-0.2, -0.15) is 0 Å². The minimum Gasteiger partial charge on any atom is -0.480 e. The van der Waals surface area contributed by atoms with Crippen LogP contribution in [0.3, 0.4) is 0 Å². The van der Waals surface area contributed by atoms with Gasteiger partial charge in [0.1, 0.15) is 0 Å². The molecule has 0 aliphatic carbocycles. The molecule has 7 heteroatoms. The molecule has 18 heavy (non-hydrogen) atoms. The lowest BCUT2D eigenvalue weighted by atomic mass is 10.3. The van der Waals surface area contributed by atoms with Crippen molar-refractivity contribution in [2.24, 2.45) is 0 Å². The number of aliphatic carboxylic acids is 2. The second-order valence-electron chi connectivity index (χ2n) is 4.04. The third kappa shape index (κ3) is 10.0. The van der Waals surface area contributed by atoms with E-state index >= 15 is 0 Å². The lowest BCUT2D eigenvalue weighted by molar-refractivity contribution is -0.142. The van der Waals surface area contributed by atoms with Crippen LogP contribution < -0.4 is 0 Å². The third-order valence-corrected chi connectivity index (χ3v) is 2.14. The first-order chi connectivity index (χ1) is 8.45. The molecule has 0 aromatic carbocycles. The standard InChI is InChI=1S/C11H21NO6/c1-2-3-4-18-8-9(13)5-12(6-10(14)15)7-11(16)17/h9,13H,2-8H2,1H3,(H,14,15)(H,16,17)/t9-/m0/s1. The fourth-order valence-corrected chi connectivity index (χ4v) is 1.38. The van der Waals surface area contributed by atoms with Crippen LogP contribution in [0.1, 0.15) is 19.8 Å². The molecule has 0 aliphatic rings. The van der Waals surface area contributed by atoms with Crippen molar-refractivity contribution in [3.8, 4) is 0 Å². The molecule has 1 atom stereocenters. The molecule has 0 rings (SSSR count). The number of hydrogen-bond acceptors (Lipinski definition) is 5. The predicted octanol–water partition coefficient (Wildman–Crippen LogP) is -0.365. The monoisotopic (exact) mass is 263 g/mol. The van der Waals surface area contributed by atoms with Gasteiger partial charge in [0.25, 0.3) is 0 Å². The number of aliphatic hydroxyl groups excluding tert-OH is 1. The smallest absolute Gasteiger partial charge is 0.317 e. The van der Waals surface area contributed by atoms with E-state index in [1.807, 2.05) is 6.92 Å². The highest BCUT2D eigenvalue weighted by atomic mass is 16.5. The summed E-state index contributed by atoms with van der Waals surface area (Å²) in [7, 11) is 0. The van der Waals surface area contributed by atoms with Gasteiger partial charge >= 0.3 is 11.9 Å². The molecule has 0 radical (unpaired) electrons. The zero-order valence-corrected chi connectivity index (χ0v) is 10.5. The second kappa shape index (κ2) is 9.81. The van der Waals surface area contributed by atoms with Gasteiger partial charge in [-0.05, 0) is 6.42 Å². The summed E-state index contributed by atoms with van der Waals surface area (Å²) in [5.41, 5.74) is 0. The van der Waals surface area contributed by atoms with Crippen LogP contribution in [0.15, 0.2) is 0 Å². The molecule has 0 saturated heterocycles.